The maximum absolute atomic E-state index is 12.3. The quantitative estimate of drug-likeness (QED) is 0.796. The Kier molecular flexibility index (Phi) is 3.73. The van der Waals surface area contributed by atoms with Crippen molar-refractivity contribution in [2.24, 2.45) is 0 Å². The highest BCUT2D eigenvalue weighted by atomic mass is 35.5. The van der Waals surface area contributed by atoms with Gasteiger partial charge in [-0.2, -0.15) is 8.42 Å². The fourth-order valence-corrected chi connectivity index (χ4v) is 3.52. The molecule has 2 aromatic carbocycles. The first-order valence-corrected chi connectivity index (χ1v) is 8.27. The Balaban J connectivity index is 1.93. The smallest absolute Gasteiger partial charge is 0.339 e. The highest BCUT2D eigenvalue weighted by Crippen LogP contribution is 2.32. The second kappa shape index (κ2) is 5.40. The van der Waals surface area contributed by atoms with Gasteiger partial charge in [0.15, 0.2) is 5.75 Å². The summed E-state index contributed by atoms with van der Waals surface area (Å²) in [7, 11) is -3.95. The van der Waals surface area contributed by atoms with Crippen molar-refractivity contribution >= 4 is 33.3 Å². The fraction of sp³-hybridized carbons (Fsp3) is 0.143. The van der Waals surface area contributed by atoms with E-state index in [0.717, 1.165) is 5.56 Å². The molecule has 4 nitrogen and oxygen atoms in total. The molecule has 1 heterocycles. The Bertz CT molecular complexity index is 803. The number of hydrogen-bond acceptors (Lipinski definition) is 4. The minimum atomic E-state index is -3.95. The summed E-state index contributed by atoms with van der Waals surface area (Å²) in [5.41, 5.74) is 0.849. The van der Waals surface area contributed by atoms with Gasteiger partial charge >= 0.3 is 10.1 Å². The van der Waals surface area contributed by atoms with E-state index in [4.69, 9.17) is 32.1 Å². The second-order valence-corrected chi connectivity index (χ2v) is 6.87. The zero-order valence-electron chi connectivity index (χ0n) is 10.7. The predicted octanol–water partition coefficient (Wildman–Crippen LogP) is 3.70. The molecule has 0 atom stereocenters. The average molecular weight is 345 g/mol. The minimum Gasteiger partial charge on any atom is -0.493 e. The van der Waals surface area contributed by atoms with Crippen LogP contribution in [0.3, 0.4) is 0 Å². The molecule has 0 saturated heterocycles. The van der Waals surface area contributed by atoms with Crippen LogP contribution in [0.4, 0.5) is 0 Å². The largest absolute Gasteiger partial charge is 0.493 e. The van der Waals surface area contributed by atoms with E-state index in [0.29, 0.717) is 23.8 Å². The lowest BCUT2D eigenvalue weighted by atomic mass is 10.2. The van der Waals surface area contributed by atoms with Crippen LogP contribution in [0.5, 0.6) is 11.5 Å². The Morgan fingerprint density at radius 3 is 2.67 bits per heavy atom. The first-order valence-electron chi connectivity index (χ1n) is 6.11. The second-order valence-electron chi connectivity index (χ2n) is 4.48. The number of ether oxygens (including phenoxy) is 1. The summed E-state index contributed by atoms with van der Waals surface area (Å²) in [4.78, 5) is 0.0674. The SMILES string of the molecule is O=S(=O)(Oc1ccc(Cl)cc1Cl)c1ccc2c(c1)CCO2. The zero-order chi connectivity index (χ0) is 15.0. The van der Waals surface area contributed by atoms with Crippen molar-refractivity contribution in [1.82, 2.24) is 0 Å². The molecular formula is C14H10Cl2O4S. The number of fused-ring (bicyclic) bond motifs is 1. The molecule has 0 N–H and O–H groups in total. The standard InChI is InChI=1S/C14H10Cl2O4S/c15-10-1-3-14(12(16)8-10)20-21(17,18)11-2-4-13-9(7-11)5-6-19-13/h1-4,7-8H,5-6H2. The topological polar surface area (TPSA) is 52.6 Å². The zero-order valence-corrected chi connectivity index (χ0v) is 13.0. The summed E-state index contributed by atoms with van der Waals surface area (Å²) < 4.78 is 35.0. The molecule has 21 heavy (non-hydrogen) atoms. The number of benzene rings is 2. The van der Waals surface area contributed by atoms with Gasteiger partial charge in [-0.1, -0.05) is 23.2 Å². The van der Waals surface area contributed by atoms with Crippen molar-refractivity contribution in [2.45, 2.75) is 11.3 Å². The number of hydrogen-bond donors (Lipinski definition) is 0. The van der Waals surface area contributed by atoms with Gasteiger partial charge in [-0.25, -0.2) is 0 Å². The van der Waals surface area contributed by atoms with Gasteiger partial charge in [0.2, 0.25) is 0 Å². The summed E-state index contributed by atoms with van der Waals surface area (Å²) in [6, 6.07) is 8.98. The average Bonchev–Trinajstić information content (AvgIpc) is 2.89. The third-order valence-corrected chi connectivity index (χ3v) is 4.80. The van der Waals surface area contributed by atoms with Gasteiger partial charge in [-0.3, -0.25) is 0 Å². The van der Waals surface area contributed by atoms with Gasteiger partial charge in [0.05, 0.1) is 11.6 Å². The molecule has 0 aromatic heterocycles. The van der Waals surface area contributed by atoms with E-state index in [1.54, 1.807) is 12.1 Å². The normalized spacial score (nSPS) is 13.6. The van der Waals surface area contributed by atoms with E-state index in [1.807, 2.05) is 0 Å². The first-order chi connectivity index (χ1) is 9.95. The lowest BCUT2D eigenvalue weighted by molar-refractivity contribution is 0.356. The van der Waals surface area contributed by atoms with Crippen LogP contribution in [0.25, 0.3) is 0 Å². The van der Waals surface area contributed by atoms with Gasteiger partial charge in [0.25, 0.3) is 0 Å². The Hall–Kier alpha value is -1.43. The van der Waals surface area contributed by atoms with Crippen LogP contribution >= 0.6 is 23.2 Å². The van der Waals surface area contributed by atoms with Gasteiger partial charge in [0.1, 0.15) is 10.6 Å². The van der Waals surface area contributed by atoms with Crippen molar-refractivity contribution in [3.63, 3.8) is 0 Å². The Morgan fingerprint density at radius 2 is 1.90 bits per heavy atom. The molecule has 2 aromatic rings. The van der Waals surface area contributed by atoms with Crippen LogP contribution in [0.1, 0.15) is 5.56 Å². The van der Waals surface area contributed by atoms with Crippen molar-refractivity contribution < 1.29 is 17.3 Å². The van der Waals surface area contributed by atoms with Crippen LogP contribution in [0, 0.1) is 0 Å². The van der Waals surface area contributed by atoms with E-state index >= 15 is 0 Å². The molecule has 0 radical (unpaired) electrons. The van der Waals surface area contributed by atoms with Crippen LogP contribution in [0.2, 0.25) is 10.0 Å². The monoisotopic (exact) mass is 344 g/mol. The van der Waals surface area contributed by atoms with Crippen LogP contribution < -0.4 is 8.92 Å². The lowest BCUT2D eigenvalue weighted by Crippen LogP contribution is -2.10. The van der Waals surface area contributed by atoms with Crippen LogP contribution in [-0.4, -0.2) is 15.0 Å². The number of halogens is 2. The summed E-state index contributed by atoms with van der Waals surface area (Å²) >= 11 is 11.7. The molecule has 0 aliphatic carbocycles. The van der Waals surface area contributed by atoms with Gasteiger partial charge < -0.3 is 8.92 Å². The molecule has 0 saturated carbocycles. The minimum absolute atomic E-state index is 0.0396. The molecule has 7 heteroatoms. The van der Waals surface area contributed by atoms with Gasteiger partial charge in [-0.05, 0) is 42.0 Å². The summed E-state index contributed by atoms with van der Waals surface area (Å²) in [6.07, 6.45) is 0.681. The summed E-state index contributed by atoms with van der Waals surface area (Å²) in [5.74, 6) is 0.747. The lowest BCUT2D eigenvalue weighted by Gasteiger charge is -2.09. The molecular weight excluding hydrogens is 335 g/mol. The van der Waals surface area contributed by atoms with Crippen molar-refractivity contribution in [3.05, 3.63) is 52.0 Å². The first kappa shape index (κ1) is 14.5. The van der Waals surface area contributed by atoms with Crippen molar-refractivity contribution in [2.75, 3.05) is 6.61 Å². The number of rotatable bonds is 3. The highest BCUT2D eigenvalue weighted by molar-refractivity contribution is 7.87. The summed E-state index contributed by atoms with van der Waals surface area (Å²) in [5, 5.41) is 0.537. The highest BCUT2D eigenvalue weighted by Gasteiger charge is 2.22. The maximum atomic E-state index is 12.3. The van der Waals surface area contributed by atoms with E-state index < -0.39 is 10.1 Å². The molecule has 110 valence electrons. The van der Waals surface area contributed by atoms with Crippen molar-refractivity contribution in [3.8, 4) is 11.5 Å². The van der Waals surface area contributed by atoms with E-state index in [-0.39, 0.29) is 15.7 Å². The van der Waals surface area contributed by atoms with E-state index in [9.17, 15) is 8.42 Å². The predicted molar refractivity (Wildman–Crippen MR) is 79.9 cm³/mol. The van der Waals surface area contributed by atoms with E-state index in [2.05, 4.69) is 0 Å². The molecule has 0 unspecified atom stereocenters. The molecule has 0 fully saturated rings. The molecule has 3 rings (SSSR count). The van der Waals surface area contributed by atoms with Gasteiger partial charge in [-0.15, -0.1) is 0 Å². The van der Waals surface area contributed by atoms with Crippen LogP contribution in [0.15, 0.2) is 41.3 Å². The Labute approximate surface area is 132 Å². The summed E-state index contributed by atoms with van der Waals surface area (Å²) in [6.45, 7) is 0.558. The third kappa shape index (κ3) is 2.95. The van der Waals surface area contributed by atoms with Gasteiger partial charge in [0, 0.05) is 11.4 Å². The van der Waals surface area contributed by atoms with Crippen LogP contribution in [-0.2, 0) is 16.5 Å². The molecule has 0 amide bonds. The molecule has 1 aliphatic heterocycles. The molecule has 1 aliphatic rings. The van der Waals surface area contributed by atoms with Crippen molar-refractivity contribution in [1.29, 1.82) is 0 Å². The molecule has 0 bridgehead atoms. The third-order valence-electron chi connectivity index (χ3n) is 3.04. The Morgan fingerprint density at radius 1 is 1.10 bits per heavy atom. The maximum Gasteiger partial charge on any atom is 0.339 e. The van der Waals surface area contributed by atoms with E-state index in [1.165, 1.54) is 24.3 Å². The molecule has 0 spiro atoms. The fourth-order valence-electron chi connectivity index (χ4n) is 2.03.